The van der Waals surface area contributed by atoms with Crippen molar-refractivity contribution in [1.29, 1.82) is 0 Å². The van der Waals surface area contributed by atoms with E-state index in [9.17, 15) is 4.39 Å². The lowest BCUT2D eigenvalue weighted by molar-refractivity contribution is 0.604. The molecule has 144 valence electrons. The van der Waals surface area contributed by atoms with Gasteiger partial charge < -0.3 is 5.32 Å². The first-order chi connectivity index (χ1) is 13.2. The number of halogens is 2. The molecule has 28 heavy (non-hydrogen) atoms. The number of fused-ring (bicyclic) bond motifs is 3. The molecule has 1 aliphatic rings. The van der Waals surface area contributed by atoms with Gasteiger partial charge in [0.2, 0.25) is 0 Å². The van der Waals surface area contributed by atoms with Gasteiger partial charge in [0, 0.05) is 10.6 Å². The third kappa shape index (κ3) is 3.06. The van der Waals surface area contributed by atoms with E-state index in [1.54, 1.807) is 0 Å². The Balaban J connectivity index is 1.96. The molecule has 0 saturated carbocycles. The van der Waals surface area contributed by atoms with E-state index in [0.717, 1.165) is 16.7 Å². The molecule has 0 amide bonds. The molecule has 1 nitrogen and oxygen atoms in total. The second-order valence-electron chi connectivity index (χ2n) is 8.82. The quantitative estimate of drug-likeness (QED) is 0.531. The van der Waals surface area contributed by atoms with Crippen LogP contribution >= 0.6 is 0 Å². The Kier molecular flexibility index (Phi) is 4.42. The monoisotopic (exact) mass is 393 g/mol. The van der Waals surface area contributed by atoms with E-state index in [2.05, 4.69) is 37.4 Å². The zero-order valence-corrected chi connectivity index (χ0v) is 18.0. The molecule has 0 saturated heterocycles. The van der Waals surface area contributed by atoms with Crippen LogP contribution in [0.2, 0.25) is 19.6 Å². The lowest BCUT2D eigenvalue weighted by Crippen LogP contribution is -2.42. The third-order valence-electron chi connectivity index (χ3n) is 5.44. The summed E-state index contributed by atoms with van der Waals surface area (Å²) in [5, 5.41) is 4.84. The van der Waals surface area contributed by atoms with Gasteiger partial charge in [-0.2, -0.15) is 0 Å². The van der Waals surface area contributed by atoms with Crippen LogP contribution in [0.15, 0.2) is 42.6 Å². The van der Waals surface area contributed by atoms with E-state index in [1.807, 2.05) is 44.0 Å². The fourth-order valence-corrected chi connectivity index (χ4v) is 5.92. The standard InChI is InChI=1S/C24H25F2NSi/c1-14-10-15(2)12-16(11-14)23-19-7-6-18-20(17(19)8-9-27-23)13-21(25)24(22(18)26)28(3,4)5/h6-13,23,27H,1-5H3. The topological polar surface area (TPSA) is 12.0 Å². The normalized spacial score (nSPS) is 16.2. The molecule has 0 bridgehead atoms. The highest BCUT2D eigenvalue weighted by molar-refractivity contribution is 6.89. The van der Waals surface area contributed by atoms with Crippen LogP contribution in [-0.2, 0) is 0 Å². The van der Waals surface area contributed by atoms with Gasteiger partial charge in [0.05, 0.1) is 14.1 Å². The Hall–Kier alpha value is -2.46. The van der Waals surface area contributed by atoms with Crippen LogP contribution in [-0.4, -0.2) is 8.07 Å². The predicted octanol–water partition coefficient (Wildman–Crippen LogP) is 5.94. The molecule has 3 aromatic rings. The van der Waals surface area contributed by atoms with Crippen molar-refractivity contribution in [2.24, 2.45) is 0 Å². The number of hydrogen-bond acceptors (Lipinski definition) is 1. The molecule has 0 spiro atoms. The summed E-state index contributed by atoms with van der Waals surface area (Å²) in [5.74, 6) is -0.820. The lowest BCUT2D eigenvalue weighted by atomic mass is 9.88. The second-order valence-corrected chi connectivity index (χ2v) is 13.8. The van der Waals surface area contributed by atoms with Crippen LogP contribution in [0.1, 0.15) is 33.9 Å². The summed E-state index contributed by atoms with van der Waals surface area (Å²) in [7, 11) is -2.13. The molecule has 1 unspecified atom stereocenters. The highest BCUT2D eigenvalue weighted by atomic mass is 28.3. The van der Waals surface area contributed by atoms with Crippen molar-refractivity contribution in [3.63, 3.8) is 0 Å². The molecule has 1 atom stereocenters. The first-order valence-electron chi connectivity index (χ1n) is 9.62. The van der Waals surface area contributed by atoms with Crippen molar-refractivity contribution in [2.75, 3.05) is 0 Å². The Morgan fingerprint density at radius 3 is 2.21 bits per heavy atom. The summed E-state index contributed by atoms with van der Waals surface area (Å²) in [6.07, 6.45) is 3.80. The highest BCUT2D eigenvalue weighted by Crippen LogP contribution is 2.35. The van der Waals surface area contributed by atoms with Gasteiger partial charge in [-0.25, -0.2) is 8.78 Å². The van der Waals surface area contributed by atoms with Crippen LogP contribution < -0.4 is 10.5 Å². The maximum Gasteiger partial charge on any atom is 0.133 e. The number of hydrogen-bond donors (Lipinski definition) is 1. The summed E-state index contributed by atoms with van der Waals surface area (Å²) in [5.41, 5.74) is 5.48. The van der Waals surface area contributed by atoms with Crippen LogP contribution in [0.25, 0.3) is 16.8 Å². The minimum absolute atomic E-state index is 0.0363. The van der Waals surface area contributed by atoms with Crippen molar-refractivity contribution in [1.82, 2.24) is 5.32 Å². The molecule has 1 N–H and O–H groups in total. The van der Waals surface area contributed by atoms with Gasteiger partial charge in [-0.15, -0.1) is 0 Å². The van der Waals surface area contributed by atoms with Gasteiger partial charge in [-0.1, -0.05) is 61.1 Å². The highest BCUT2D eigenvalue weighted by Gasteiger charge is 2.28. The fraction of sp³-hybridized carbons (Fsp3) is 0.250. The van der Waals surface area contributed by atoms with Gasteiger partial charge in [0.15, 0.2) is 0 Å². The summed E-state index contributed by atoms with van der Waals surface area (Å²) in [4.78, 5) is 0. The first-order valence-corrected chi connectivity index (χ1v) is 13.1. The average molecular weight is 394 g/mol. The molecule has 1 aliphatic heterocycles. The van der Waals surface area contributed by atoms with Crippen LogP contribution in [0.4, 0.5) is 8.78 Å². The minimum Gasteiger partial charge on any atom is -0.380 e. The SMILES string of the molecule is Cc1cc(C)cc(C2NC=Cc3c2ccc2c(F)c([Si](C)(C)C)c(F)cc32)c1. The molecule has 4 heteroatoms. The molecule has 0 fully saturated rings. The maximum absolute atomic E-state index is 15.3. The van der Waals surface area contributed by atoms with E-state index in [4.69, 9.17) is 0 Å². The Bertz CT molecular complexity index is 1110. The van der Waals surface area contributed by atoms with Gasteiger partial charge in [0.1, 0.15) is 11.6 Å². The predicted molar refractivity (Wildman–Crippen MR) is 117 cm³/mol. The number of aryl methyl sites for hydroxylation is 2. The summed E-state index contributed by atoms with van der Waals surface area (Å²) in [6, 6.07) is 11.7. The summed E-state index contributed by atoms with van der Waals surface area (Å²) >= 11 is 0. The summed E-state index contributed by atoms with van der Waals surface area (Å²) in [6.45, 7) is 10.1. The van der Waals surface area contributed by atoms with E-state index in [-0.39, 0.29) is 11.2 Å². The second kappa shape index (κ2) is 6.56. The molecule has 0 aliphatic carbocycles. The molecule has 0 aromatic heterocycles. The molecule has 3 aromatic carbocycles. The zero-order valence-electron chi connectivity index (χ0n) is 17.0. The smallest absolute Gasteiger partial charge is 0.133 e. The lowest BCUT2D eigenvalue weighted by Gasteiger charge is -2.27. The molecular weight excluding hydrogens is 368 g/mol. The van der Waals surface area contributed by atoms with Crippen molar-refractivity contribution in [2.45, 2.75) is 39.5 Å². The largest absolute Gasteiger partial charge is 0.380 e. The van der Waals surface area contributed by atoms with Crippen LogP contribution in [0.5, 0.6) is 0 Å². The van der Waals surface area contributed by atoms with Gasteiger partial charge in [0.25, 0.3) is 0 Å². The van der Waals surface area contributed by atoms with Gasteiger partial charge in [-0.05, 0) is 54.3 Å². The number of nitrogens with one attached hydrogen (secondary N) is 1. The molecule has 1 heterocycles. The molecule has 4 rings (SSSR count). The first kappa shape index (κ1) is 18.9. The Labute approximate surface area is 166 Å². The van der Waals surface area contributed by atoms with Crippen molar-refractivity contribution >= 4 is 30.1 Å². The van der Waals surface area contributed by atoms with E-state index in [1.165, 1.54) is 17.2 Å². The summed E-state index contributed by atoms with van der Waals surface area (Å²) < 4.78 is 30.2. The van der Waals surface area contributed by atoms with Crippen LogP contribution in [0.3, 0.4) is 0 Å². The Morgan fingerprint density at radius 1 is 0.893 bits per heavy atom. The van der Waals surface area contributed by atoms with Crippen molar-refractivity contribution < 1.29 is 8.78 Å². The number of rotatable bonds is 2. The molecule has 0 radical (unpaired) electrons. The third-order valence-corrected chi connectivity index (χ3v) is 7.40. The number of benzene rings is 3. The fourth-order valence-electron chi connectivity index (χ4n) is 4.33. The van der Waals surface area contributed by atoms with Crippen molar-refractivity contribution in [3.05, 3.63) is 82.0 Å². The van der Waals surface area contributed by atoms with Gasteiger partial charge >= 0.3 is 0 Å². The Morgan fingerprint density at radius 2 is 1.57 bits per heavy atom. The average Bonchev–Trinajstić information content (AvgIpc) is 2.59. The molecular formula is C24H25F2NSi. The van der Waals surface area contributed by atoms with E-state index >= 15 is 4.39 Å². The minimum atomic E-state index is -2.13. The van der Waals surface area contributed by atoms with Crippen LogP contribution in [0, 0.1) is 25.5 Å². The van der Waals surface area contributed by atoms with Crippen molar-refractivity contribution in [3.8, 4) is 0 Å². The zero-order chi connectivity index (χ0) is 20.2. The maximum atomic E-state index is 15.3. The van der Waals surface area contributed by atoms with E-state index < -0.39 is 19.7 Å². The van der Waals surface area contributed by atoms with Gasteiger partial charge in [-0.3, -0.25) is 0 Å². The van der Waals surface area contributed by atoms with E-state index in [0.29, 0.717) is 10.8 Å².